The van der Waals surface area contributed by atoms with Crippen molar-refractivity contribution >= 4 is 0 Å². The van der Waals surface area contributed by atoms with Crippen LogP contribution < -0.4 is 0 Å². The fourth-order valence-corrected chi connectivity index (χ4v) is 5.37. The largest absolute Gasteiger partial charge is 0.391 e. The minimum absolute atomic E-state index is 0.180. The molecule has 4 aliphatic carbocycles. The van der Waals surface area contributed by atoms with Gasteiger partial charge in [-0.2, -0.15) is 0 Å². The van der Waals surface area contributed by atoms with Crippen LogP contribution in [0, 0.1) is 23.2 Å². The van der Waals surface area contributed by atoms with E-state index in [1.807, 2.05) is 17.1 Å². The zero-order valence-corrected chi connectivity index (χ0v) is 10.8. The fraction of sp³-hybridized carbons (Fsp3) is 0.800. The minimum Gasteiger partial charge on any atom is -0.391 e. The molecule has 98 valence electrons. The summed E-state index contributed by atoms with van der Waals surface area (Å²) in [6.07, 6.45) is 13.5. The summed E-state index contributed by atoms with van der Waals surface area (Å²) in [7, 11) is 0. The Balaban J connectivity index is 1.56. The molecular formula is C15H22N2O. The van der Waals surface area contributed by atoms with Crippen molar-refractivity contribution in [3.63, 3.8) is 0 Å². The van der Waals surface area contributed by atoms with Gasteiger partial charge in [0, 0.05) is 12.4 Å². The van der Waals surface area contributed by atoms with Gasteiger partial charge in [-0.05, 0) is 61.7 Å². The minimum atomic E-state index is -0.180. The number of aliphatic hydroxyl groups is 1. The Hall–Kier alpha value is -0.830. The van der Waals surface area contributed by atoms with Gasteiger partial charge in [-0.3, -0.25) is 0 Å². The number of imidazole rings is 1. The molecule has 1 aromatic heterocycles. The van der Waals surface area contributed by atoms with Crippen molar-refractivity contribution in [2.45, 2.75) is 51.2 Å². The normalized spacial score (nSPS) is 43.3. The lowest BCUT2D eigenvalue weighted by Gasteiger charge is -2.58. The first-order chi connectivity index (χ1) is 8.73. The van der Waals surface area contributed by atoms with Crippen LogP contribution in [0.15, 0.2) is 18.7 Å². The molecule has 18 heavy (non-hydrogen) atoms. The summed E-state index contributed by atoms with van der Waals surface area (Å²) in [4.78, 5) is 4.07. The predicted molar refractivity (Wildman–Crippen MR) is 68.8 cm³/mol. The molecular weight excluding hydrogens is 224 g/mol. The molecule has 3 heteroatoms. The molecule has 0 aromatic carbocycles. The summed E-state index contributed by atoms with van der Waals surface area (Å²) in [5, 5.41) is 10.7. The highest BCUT2D eigenvalue weighted by Crippen LogP contribution is 2.61. The van der Waals surface area contributed by atoms with Crippen molar-refractivity contribution < 1.29 is 5.11 Å². The molecule has 4 aliphatic rings. The van der Waals surface area contributed by atoms with E-state index in [-0.39, 0.29) is 11.5 Å². The summed E-state index contributed by atoms with van der Waals surface area (Å²) >= 11 is 0. The molecule has 1 N–H and O–H groups in total. The number of rotatable bonds is 3. The molecule has 0 radical (unpaired) electrons. The molecule has 3 nitrogen and oxygen atoms in total. The second-order valence-corrected chi connectivity index (χ2v) is 7.06. The van der Waals surface area contributed by atoms with Crippen molar-refractivity contribution in [2.75, 3.05) is 0 Å². The topological polar surface area (TPSA) is 38.0 Å². The number of aliphatic hydroxyl groups excluding tert-OH is 1. The van der Waals surface area contributed by atoms with E-state index in [0.717, 1.165) is 24.3 Å². The van der Waals surface area contributed by atoms with Crippen molar-refractivity contribution in [1.82, 2.24) is 9.55 Å². The summed E-state index contributed by atoms with van der Waals surface area (Å²) in [6.45, 7) is 0.728. The Labute approximate surface area is 108 Å². The Morgan fingerprint density at radius 1 is 1.17 bits per heavy atom. The zero-order chi connectivity index (χ0) is 12.2. The third-order valence-corrected chi connectivity index (χ3v) is 5.74. The van der Waals surface area contributed by atoms with E-state index in [1.54, 1.807) is 6.20 Å². The zero-order valence-electron chi connectivity index (χ0n) is 10.8. The Morgan fingerprint density at radius 2 is 1.78 bits per heavy atom. The molecule has 0 spiro atoms. The highest BCUT2D eigenvalue weighted by atomic mass is 16.3. The molecule has 5 rings (SSSR count). The summed E-state index contributed by atoms with van der Waals surface area (Å²) < 4.78 is 2.03. The molecule has 1 heterocycles. The fourth-order valence-electron chi connectivity index (χ4n) is 5.37. The second-order valence-electron chi connectivity index (χ2n) is 7.06. The van der Waals surface area contributed by atoms with Crippen LogP contribution in [0.3, 0.4) is 0 Å². The molecule has 4 saturated carbocycles. The van der Waals surface area contributed by atoms with Crippen LogP contribution in [-0.2, 0) is 6.54 Å². The molecule has 1 unspecified atom stereocenters. The molecule has 4 fully saturated rings. The van der Waals surface area contributed by atoms with E-state index < -0.39 is 0 Å². The first-order valence-electron chi connectivity index (χ1n) is 7.37. The van der Waals surface area contributed by atoms with Crippen LogP contribution in [0.25, 0.3) is 0 Å². The van der Waals surface area contributed by atoms with Gasteiger partial charge < -0.3 is 9.67 Å². The van der Waals surface area contributed by atoms with Crippen LogP contribution >= 0.6 is 0 Å². The summed E-state index contributed by atoms with van der Waals surface area (Å²) in [5.74, 6) is 2.73. The van der Waals surface area contributed by atoms with Crippen molar-refractivity contribution in [3.8, 4) is 0 Å². The maximum absolute atomic E-state index is 10.7. The number of nitrogens with zero attached hydrogens (tertiary/aromatic N) is 2. The van der Waals surface area contributed by atoms with Gasteiger partial charge in [-0.25, -0.2) is 4.98 Å². The average molecular weight is 246 g/mol. The molecule has 0 saturated heterocycles. The van der Waals surface area contributed by atoms with Gasteiger partial charge in [0.1, 0.15) is 0 Å². The Kier molecular flexibility index (Phi) is 2.35. The first-order valence-corrected chi connectivity index (χ1v) is 7.37. The van der Waals surface area contributed by atoms with E-state index in [2.05, 4.69) is 4.98 Å². The number of hydrogen-bond acceptors (Lipinski definition) is 2. The predicted octanol–water partition coefficient (Wildman–Crippen LogP) is 2.46. The molecule has 4 bridgehead atoms. The van der Waals surface area contributed by atoms with Gasteiger partial charge in [-0.1, -0.05) is 0 Å². The van der Waals surface area contributed by atoms with Gasteiger partial charge in [-0.15, -0.1) is 0 Å². The number of aromatic nitrogens is 2. The van der Waals surface area contributed by atoms with Crippen LogP contribution in [0.2, 0.25) is 0 Å². The molecule has 0 amide bonds. The SMILES string of the molecule is OC(Cn1ccnc1)C12CC3CC(CC(C3)C1)C2. The lowest BCUT2D eigenvalue weighted by atomic mass is 9.48. The monoisotopic (exact) mass is 246 g/mol. The van der Waals surface area contributed by atoms with Gasteiger partial charge in [0.15, 0.2) is 0 Å². The maximum atomic E-state index is 10.7. The smallest absolute Gasteiger partial charge is 0.0946 e. The lowest BCUT2D eigenvalue weighted by Crippen LogP contribution is -2.52. The van der Waals surface area contributed by atoms with E-state index in [0.29, 0.717) is 0 Å². The van der Waals surface area contributed by atoms with Crippen molar-refractivity contribution in [3.05, 3.63) is 18.7 Å². The molecule has 0 aliphatic heterocycles. The van der Waals surface area contributed by atoms with E-state index in [1.165, 1.54) is 38.5 Å². The first kappa shape index (κ1) is 11.0. The highest BCUT2D eigenvalue weighted by Gasteiger charge is 2.53. The maximum Gasteiger partial charge on any atom is 0.0946 e. The third kappa shape index (κ3) is 1.63. The Morgan fingerprint density at radius 3 is 2.28 bits per heavy atom. The van der Waals surface area contributed by atoms with Crippen LogP contribution in [0.1, 0.15) is 38.5 Å². The molecule has 1 aromatic rings. The van der Waals surface area contributed by atoms with Crippen molar-refractivity contribution in [1.29, 1.82) is 0 Å². The van der Waals surface area contributed by atoms with E-state index >= 15 is 0 Å². The summed E-state index contributed by atoms with van der Waals surface area (Å²) in [6, 6.07) is 0. The van der Waals surface area contributed by atoms with E-state index in [9.17, 15) is 5.11 Å². The van der Waals surface area contributed by atoms with Crippen molar-refractivity contribution in [2.24, 2.45) is 23.2 Å². The lowest BCUT2D eigenvalue weighted by molar-refractivity contribution is -0.124. The molecule has 1 atom stereocenters. The van der Waals surface area contributed by atoms with Gasteiger partial charge in [0.05, 0.1) is 19.0 Å². The standard InChI is InChI=1S/C15H22N2O/c18-14(9-17-2-1-16-10-17)15-6-11-3-12(7-15)5-13(4-11)8-15/h1-2,10-14,18H,3-9H2. The second kappa shape index (κ2) is 3.83. The van der Waals surface area contributed by atoms with Crippen LogP contribution in [-0.4, -0.2) is 20.8 Å². The van der Waals surface area contributed by atoms with Gasteiger partial charge in [0.25, 0.3) is 0 Å². The van der Waals surface area contributed by atoms with E-state index in [4.69, 9.17) is 0 Å². The Bertz CT molecular complexity index is 390. The average Bonchev–Trinajstić information content (AvgIpc) is 2.79. The highest BCUT2D eigenvalue weighted by molar-refractivity contribution is 5.04. The van der Waals surface area contributed by atoms with Crippen LogP contribution in [0.4, 0.5) is 0 Å². The van der Waals surface area contributed by atoms with Gasteiger partial charge in [0.2, 0.25) is 0 Å². The summed E-state index contributed by atoms with van der Waals surface area (Å²) in [5.41, 5.74) is 0.235. The van der Waals surface area contributed by atoms with Crippen LogP contribution in [0.5, 0.6) is 0 Å². The quantitative estimate of drug-likeness (QED) is 0.889. The number of hydrogen-bond donors (Lipinski definition) is 1. The van der Waals surface area contributed by atoms with Gasteiger partial charge >= 0.3 is 0 Å². The third-order valence-electron chi connectivity index (χ3n) is 5.74.